The second kappa shape index (κ2) is 11.8. The van der Waals surface area contributed by atoms with Gasteiger partial charge in [0.25, 0.3) is 5.91 Å². The van der Waals surface area contributed by atoms with Crippen molar-refractivity contribution in [2.45, 2.75) is 45.7 Å². The molecule has 1 heterocycles. The zero-order valence-corrected chi connectivity index (χ0v) is 19.6. The highest BCUT2D eigenvalue weighted by Crippen LogP contribution is 2.22. The SMILES string of the molecule is CCOC(=O)C(Cc1cn(C)c2ccccc12)NC(=O)[C@@H]([NH3+])CC(C)C.CS(=O)(=O)[O-]. The monoisotopic (exact) mass is 455 g/mol. The van der Waals surface area contributed by atoms with Crippen LogP contribution in [0.3, 0.4) is 0 Å². The molecule has 0 spiro atoms. The van der Waals surface area contributed by atoms with Crippen LogP contribution in [0.2, 0.25) is 0 Å². The number of para-hydroxylation sites is 1. The lowest BCUT2D eigenvalue weighted by Crippen LogP contribution is -2.69. The van der Waals surface area contributed by atoms with Gasteiger partial charge in [-0.25, -0.2) is 13.2 Å². The number of hydrogen-bond acceptors (Lipinski definition) is 6. The molecule has 0 fully saturated rings. The average Bonchev–Trinajstić information content (AvgIpc) is 2.95. The van der Waals surface area contributed by atoms with Crippen molar-refractivity contribution < 1.29 is 33.0 Å². The van der Waals surface area contributed by atoms with Crippen LogP contribution < -0.4 is 11.1 Å². The molecule has 10 heteroatoms. The van der Waals surface area contributed by atoms with Gasteiger partial charge in [0.15, 0.2) is 6.04 Å². The van der Waals surface area contributed by atoms with E-state index in [9.17, 15) is 9.59 Å². The third kappa shape index (κ3) is 9.50. The van der Waals surface area contributed by atoms with Crippen LogP contribution in [0.5, 0.6) is 0 Å². The van der Waals surface area contributed by atoms with Gasteiger partial charge in [-0.15, -0.1) is 0 Å². The van der Waals surface area contributed by atoms with E-state index in [1.165, 1.54) is 0 Å². The Kier molecular flexibility index (Phi) is 10.1. The van der Waals surface area contributed by atoms with Crippen LogP contribution in [0.15, 0.2) is 30.5 Å². The number of benzene rings is 1. The molecule has 0 radical (unpaired) electrons. The van der Waals surface area contributed by atoms with Crippen molar-refractivity contribution >= 4 is 32.9 Å². The lowest BCUT2D eigenvalue weighted by atomic mass is 10.0. The fourth-order valence-electron chi connectivity index (χ4n) is 3.21. The molecule has 0 saturated carbocycles. The summed E-state index contributed by atoms with van der Waals surface area (Å²) in [7, 11) is -1.95. The second-order valence-electron chi connectivity index (χ2n) is 7.83. The minimum atomic E-state index is -3.92. The van der Waals surface area contributed by atoms with Gasteiger partial charge < -0.3 is 24.9 Å². The number of hydrogen-bond donors (Lipinski definition) is 2. The third-order valence-corrected chi connectivity index (χ3v) is 4.42. The van der Waals surface area contributed by atoms with Crippen molar-refractivity contribution in [1.82, 2.24) is 9.88 Å². The summed E-state index contributed by atoms with van der Waals surface area (Å²) >= 11 is 0. The molecule has 31 heavy (non-hydrogen) atoms. The Morgan fingerprint density at radius 1 is 1.26 bits per heavy atom. The van der Waals surface area contributed by atoms with Crippen molar-refractivity contribution in [3.05, 3.63) is 36.0 Å². The molecule has 1 aromatic carbocycles. The van der Waals surface area contributed by atoms with E-state index in [1.807, 2.05) is 55.9 Å². The maximum Gasteiger partial charge on any atom is 0.328 e. The number of fused-ring (bicyclic) bond motifs is 1. The molecule has 1 aromatic heterocycles. The van der Waals surface area contributed by atoms with Gasteiger partial charge in [-0.3, -0.25) is 4.79 Å². The Morgan fingerprint density at radius 2 is 1.84 bits per heavy atom. The van der Waals surface area contributed by atoms with Gasteiger partial charge in [0.2, 0.25) is 0 Å². The van der Waals surface area contributed by atoms with E-state index in [0.29, 0.717) is 25.0 Å². The number of carbonyl (C=O) groups is 2. The first kappa shape index (κ1) is 26.6. The Hall–Kier alpha value is -2.43. The fourth-order valence-corrected chi connectivity index (χ4v) is 3.21. The minimum Gasteiger partial charge on any atom is -0.748 e. The summed E-state index contributed by atoms with van der Waals surface area (Å²) in [6.07, 6.45) is 3.67. The van der Waals surface area contributed by atoms with E-state index in [1.54, 1.807) is 6.92 Å². The van der Waals surface area contributed by atoms with Crippen molar-refractivity contribution in [2.24, 2.45) is 13.0 Å². The molecular weight excluding hydrogens is 422 g/mol. The van der Waals surface area contributed by atoms with Gasteiger partial charge in [0.05, 0.1) is 16.7 Å². The van der Waals surface area contributed by atoms with E-state index in [4.69, 9.17) is 17.7 Å². The molecule has 1 amide bonds. The predicted molar refractivity (Wildman–Crippen MR) is 117 cm³/mol. The van der Waals surface area contributed by atoms with Crippen molar-refractivity contribution in [1.29, 1.82) is 0 Å². The summed E-state index contributed by atoms with van der Waals surface area (Å²) < 4.78 is 34.4. The van der Waals surface area contributed by atoms with Crippen molar-refractivity contribution in [2.75, 3.05) is 12.9 Å². The van der Waals surface area contributed by atoms with Crippen molar-refractivity contribution in [3.8, 4) is 0 Å². The summed E-state index contributed by atoms with van der Waals surface area (Å²) in [6, 6.07) is 6.90. The minimum absolute atomic E-state index is 0.211. The van der Waals surface area contributed by atoms with Gasteiger partial charge in [-0.05, 0) is 24.5 Å². The van der Waals surface area contributed by atoms with E-state index in [0.717, 1.165) is 16.5 Å². The number of quaternary nitrogens is 1. The van der Waals surface area contributed by atoms with Crippen LogP contribution in [0, 0.1) is 5.92 Å². The maximum atomic E-state index is 12.5. The number of esters is 1. The first-order chi connectivity index (χ1) is 14.3. The summed E-state index contributed by atoms with van der Waals surface area (Å²) in [5, 5.41) is 3.92. The zero-order valence-electron chi connectivity index (χ0n) is 18.8. The Bertz CT molecular complexity index is 976. The lowest BCUT2D eigenvalue weighted by Gasteiger charge is -2.19. The van der Waals surface area contributed by atoms with Crippen LogP contribution >= 0.6 is 0 Å². The molecule has 2 aromatic rings. The standard InChI is InChI=1S/C20H29N3O3.CH4O3S/c1-5-26-20(25)17(22-19(24)16(21)10-13(2)3)11-14-12-23(4)18-9-7-6-8-15(14)18;1-5(2,3)4/h6-9,12-13,16-17H,5,10-11,21H2,1-4H3,(H,22,24);1H3,(H,2,3,4)/t16-,17?;/m0./s1. The van der Waals surface area contributed by atoms with Crippen LogP contribution in [0.25, 0.3) is 10.9 Å². The Balaban J connectivity index is 0.000000861. The normalized spacial score (nSPS) is 13.3. The molecule has 4 N–H and O–H groups in total. The molecule has 0 bridgehead atoms. The number of amides is 1. The average molecular weight is 456 g/mol. The van der Waals surface area contributed by atoms with E-state index >= 15 is 0 Å². The van der Waals surface area contributed by atoms with Gasteiger partial charge in [-0.1, -0.05) is 32.0 Å². The number of aryl methyl sites for hydroxylation is 1. The molecule has 9 nitrogen and oxygen atoms in total. The molecule has 174 valence electrons. The highest BCUT2D eigenvalue weighted by Gasteiger charge is 2.28. The van der Waals surface area contributed by atoms with Crippen LogP contribution in [-0.2, 0) is 37.9 Å². The third-order valence-electron chi connectivity index (χ3n) is 4.42. The predicted octanol–water partition coefficient (Wildman–Crippen LogP) is 0.587. The topological polar surface area (TPSA) is 145 Å². The van der Waals surface area contributed by atoms with Crippen LogP contribution in [0.4, 0.5) is 0 Å². The number of nitrogens with one attached hydrogen (secondary N) is 1. The lowest BCUT2D eigenvalue weighted by molar-refractivity contribution is -0.406. The van der Waals surface area contributed by atoms with Gasteiger partial charge in [-0.2, -0.15) is 0 Å². The van der Waals surface area contributed by atoms with E-state index in [2.05, 4.69) is 11.1 Å². The van der Waals surface area contributed by atoms with Gasteiger partial charge >= 0.3 is 5.97 Å². The molecule has 0 saturated heterocycles. The largest absolute Gasteiger partial charge is 0.748 e. The summed E-state index contributed by atoms with van der Waals surface area (Å²) in [5.41, 5.74) is 6.02. The highest BCUT2D eigenvalue weighted by atomic mass is 32.2. The van der Waals surface area contributed by atoms with Gasteiger partial charge in [0.1, 0.15) is 6.04 Å². The summed E-state index contributed by atoms with van der Waals surface area (Å²) in [5.74, 6) is -0.259. The number of ether oxygens (including phenoxy) is 1. The maximum absolute atomic E-state index is 12.5. The molecular formula is C21H33N3O6S. The second-order valence-corrected chi connectivity index (χ2v) is 9.24. The summed E-state index contributed by atoms with van der Waals surface area (Å²) in [6.45, 7) is 6.13. The Morgan fingerprint density at radius 3 is 2.39 bits per heavy atom. The molecule has 1 unspecified atom stereocenters. The Labute approximate surface area is 183 Å². The quantitative estimate of drug-likeness (QED) is 0.440. The van der Waals surface area contributed by atoms with Crippen LogP contribution in [-0.4, -0.2) is 54.4 Å². The fraction of sp³-hybridized carbons (Fsp3) is 0.524. The first-order valence-electron chi connectivity index (χ1n) is 10.1. The number of rotatable bonds is 8. The summed E-state index contributed by atoms with van der Waals surface area (Å²) in [4.78, 5) is 24.9. The highest BCUT2D eigenvalue weighted by molar-refractivity contribution is 7.84. The molecule has 0 aliphatic heterocycles. The molecule has 0 aliphatic rings. The van der Waals surface area contributed by atoms with Crippen LogP contribution in [0.1, 0.15) is 32.8 Å². The molecule has 2 atom stereocenters. The number of aromatic nitrogens is 1. The van der Waals surface area contributed by atoms with Gasteiger partial charge in [0, 0.05) is 43.2 Å². The van der Waals surface area contributed by atoms with E-state index in [-0.39, 0.29) is 18.6 Å². The number of nitrogens with zero attached hydrogens (tertiary/aromatic N) is 1. The molecule has 0 aliphatic carbocycles. The zero-order chi connectivity index (χ0) is 23.8. The first-order valence-corrected chi connectivity index (χ1v) is 11.9. The van der Waals surface area contributed by atoms with E-state index < -0.39 is 22.1 Å². The number of carbonyl (C=O) groups excluding carboxylic acids is 2. The molecule has 2 rings (SSSR count). The smallest absolute Gasteiger partial charge is 0.328 e. The van der Waals surface area contributed by atoms with Crippen molar-refractivity contribution in [3.63, 3.8) is 0 Å².